The van der Waals surface area contributed by atoms with Gasteiger partial charge in [-0.25, -0.2) is 27.8 Å². The number of nitrogens with zero attached hydrogens (tertiary/aromatic N) is 6. The molecule has 28 nitrogen and oxygen atoms in total. The van der Waals surface area contributed by atoms with Gasteiger partial charge >= 0.3 is 36.9 Å². The minimum absolute atomic E-state index is 0.0547. The summed E-state index contributed by atoms with van der Waals surface area (Å²) in [6.07, 6.45) is -2.42. The number of aromatic nitrogens is 8. The molecule has 1 aromatic carbocycles. The minimum atomic E-state index is -6.09. The number of nitrogens with two attached hydrogens (primary N) is 1. The number of phosphoric acid groups is 4. The van der Waals surface area contributed by atoms with Gasteiger partial charge in [0.15, 0.2) is 17.4 Å². The largest absolute Gasteiger partial charge is 0.490 e. The summed E-state index contributed by atoms with van der Waals surface area (Å²) in [6, 6.07) is 9.38. The van der Waals surface area contributed by atoms with Crippen molar-refractivity contribution in [3.63, 3.8) is 0 Å². The number of benzene rings is 1. The average molecular weight is 926 g/mol. The Morgan fingerprint density at radius 2 is 1.52 bits per heavy atom. The quantitative estimate of drug-likeness (QED) is 0.0457. The van der Waals surface area contributed by atoms with E-state index in [4.69, 9.17) is 19.7 Å². The van der Waals surface area contributed by atoms with Crippen molar-refractivity contribution in [3.8, 4) is 0 Å². The average Bonchev–Trinajstić information content (AvgIpc) is 3.93. The summed E-state index contributed by atoms with van der Waals surface area (Å²) in [5.41, 5.74) is 5.71. The predicted octanol–water partition coefficient (Wildman–Crippen LogP) is 0.687. The summed E-state index contributed by atoms with van der Waals surface area (Å²) in [4.78, 5) is 82.4. The van der Waals surface area contributed by atoms with Crippen LogP contribution in [0.2, 0.25) is 0 Å². The first-order valence-electron chi connectivity index (χ1n) is 17.4. The number of aromatic amines is 2. The number of H-pyrrole nitrogens is 2. The molecule has 10 N–H and O–H groups in total. The molecule has 0 saturated carbocycles. The van der Waals surface area contributed by atoms with Crippen molar-refractivity contribution in [3.05, 3.63) is 69.3 Å². The maximum absolute atomic E-state index is 12.9. The van der Waals surface area contributed by atoms with E-state index in [-0.39, 0.29) is 47.1 Å². The first kappa shape index (κ1) is 44.0. The van der Waals surface area contributed by atoms with Gasteiger partial charge in [0.1, 0.15) is 6.10 Å². The molecular formula is C28H37N10O18P4+. The Kier molecular flexibility index (Phi) is 12.5. The van der Waals surface area contributed by atoms with Crippen LogP contribution in [0, 0.1) is 0 Å². The summed E-state index contributed by atoms with van der Waals surface area (Å²) in [7, 11) is -21.8. The topological polar surface area (TPSA) is 390 Å². The van der Waals surface area contributed by atoms with Gasteiger partial charge in [0.05, 0.1) is 38.8 Å². The second kappa shape index (κ2) is 17.0. The molecule has 5 aromatic rings. The molecule has 0 aliphatic carbocycles. The van der Waals surface area contributed by atoms with Crippen molar-refractivity contribution in [2.24, 2.45) is 7.05 Å². The van der Waals surface area contributed by atoms with E-state index < -0.39 is 86.4 Å². The van der Waals surface area contributed by atoms with Gasteiger partial charge in [-0.1, -0.05) is 30.3 Å². The molecule has 0 spiro atoms. The number of hydrogen-bond acceptors (Lipinski definition) is 19. The van der Waals surface area contributed by atoms with E-state index in [0.29, 0.717) is 13.0 Å². The van der Waals surface area contributed by atoms with Gasteiger partial charge in [0.25, 0.3) is 16.7 Å². The second-order valence-electron chi connectivity index (χ2n) is 13.3. The molecule has 60 heavy (non-hydrogen) atoms. The number of aliphatic hydroxyl groups excluding tert-OH is 1. The van der Waals surface area contributed by atoms with E-state index >= 15 is 0 Å². The number of aryl methyl sites for hydroxylation is 1. The number of anilines is 2. The third-order valence-electron chi connectivity index (χ3n) is 8.83. The molecule has 0 bridgehead atoms. The van der Waals surface area contributed by atoms with Crippen LogP contribution in [0.25, 0.3) is 22.3 Å². The van der Waals surface area contributed by atoms with Gasteiger partial charge in [-0.05, 0) is 12.0 Å². The van der Waals surface area contributed by atoms with Crippen molar-refractivity contribution in [1.82, 2.24) is 34.1 Å². The summed E-state index contributed by atoms with van der Waals surface area (Å²) in [6.45, 7) is -1.21. The lowest BCUT2D eigenvalue weighted by Gasteiger charge is -2.21. The van der Waals surface area contributed by atoms with E-state index in [1.165, 1.54) is 9.13 Å². The summed E-state index contributed by atoms with van der Waals surface area (Å²) in [5, 5.41) is 13.6. The number of aliphatic hydroxyl groups is 1. The third-order valence-corrected chi connectivity index (χ3v) is 14.7. The van der Waals surface area contributed by atoms with Crippen molar-refractivity contribution in [1.29, 1.82) is 0 Å². The van der Waals surface area contributed by atoms with E-state index in [1.807, 2.05) is 30.3 Å². The molecule has 2 saturated heterocycles. The standard InChI is InChI=1S/C28H36N10O18P4/c1-36-14-38(23-21(36)25(41)35-28(33-23)30-10-15-5-3-2-4-6-15)19-8-7-16(52-19)11-50-57(42,43)54-59(46,47)56-60(48,49)55-58(44,45)51-12-17-9-18(39)26(53-17)37-13-31-20-22(37)32-27(29)34-24(20)40/h2-6,13-14,16-19,26,39H,7-12H2,1H3,(H8-,29,30,32,33,34,35,40,41,42,43,44,45,46,47,48,49)/p+1/t16-,17-,18-,19+,26+/m0/s1. The first-order valence-corrected chi connectivity index (χ1v) is 23.4. The van der Waals surface area contributed by atoms with Gasteiger partial charge in [-0.2, -0.15) is 27.5 Å². The lowest BCUT2D eigenvalue weighted by Crippen LogP contribution is -2.31. The molecule has 0 radical (unpaired) electrons. The number of rotatable bonds is 17. The minimum Gasteiger partial charge on any atom is -0.388 e. The molecule has 9 atom stereocenters. The van der Waals surface area contributed by atoms with Crippen molar-refractivity contribution < 1.29 is 79.0 Å². The highest BCUT2D eigenvalue weighted by atomic mass is 31.3. The third kappa shape index (κ3) is 10.3. The van der Waals surface area contributed by atoms with Crippen LogP contribution in [0.15, 0.2) is 52.6 Å². The van der Waals surface area contributed by atoms with Crippen molar-refractivity contribution in [2.75, 3.05) is 24.3 Å². The Balaban J connectivity index is 0.895. The van der Waals surface area contributed by atoms with Gasteiger partial charge in [-0.15, -0.1) is 0 Å². The molecule has 4 aromatic heterocycles. The number of fused-ring (bicyclic) bond motifs is 2. The molecule has 0 amide bonds. The van der Waals surface area contributed by atoms with E-state index in [2.05, 4.69) is 47.7 Å². The smallest absolute Gasteiger partial charge is 0.388 e. The number of hydrogen-bond donors (Lipinski definition) is 9. The Morgan fingerprint density at radius 3 is 2.20 bits per heavy atom. The van der Waals surface area contributed by atoms with Crippen molar-refractivity contribution >= 4 is 65.5 Å². The van der Waals surface area contributed by atoms with Gasteiger partial charge < -0.3 is 45.2 Å². The molecular weight excluding hydrogens is 888 g/mol. The second-order valence-corrected chi connectivity index (χ2v) is 19.5. The lowest BCUT2D eigenvalue weighted by atomic mass is 10.2. The van der Waals surface area contributed by atoms with Gasteiger partial charge in [-0.3, -0.25) is 33.2 Å². The summed E-state index contributed by atoms with van der Waals surface area (Å²) < 4.78 is 87.2. The monoisotopic (exact) mass is 925 g/mol. The van der Waals surface area contributed by atoms with Crippen LogP contribution >= 0.6 is 31.3 Å². The molecule has 2 aliphatic rings. The number of ether oxygens (including phenoxy) is 2. The highest BCUT2D eigenvalue weighted by molar-refractivity contribution is 7.69. The molecule has 32 heteroatoms. The summed E-state index contributed by atoms with van der Waals surface area (Å²) in [5.74, 6) is -0.0658. The number of imidazole rings is 2. The van der Waals surface area contributed by atoms with Crippen LogP contribution in [-0.4, -0.2) is 90.3 Å². The fourth-order valence-electron chi connectivity index (χ4n) is 6.38. The zero-order chi connectivity index (χ0) is 43.2. The van der Waals surface area contributed by atoms with Gasteiger partial charge in [0, 0.05) is 19.4 Å². The number of nitrogen functional groups attached to an aromatic ring is 1. The highest BCUT2D eigenvalue weighted by Gasteiger charge is 2.47. The molecule has 326 valence electrons. The normalized spacial score (nSPS) is 24.9. The number of phosphoric ester groups is 2. The van der Waals surface area contributed by atoms with Crippen LogP contribution in [0.5, 0.6) is 0 Å². The van der Waals surface area contributed by atoms with Crippen LogP contribution in [-0.2, 0) is 63.3 Å². The fourth-order valence-corrected chi connectivity index (χ4v) is 11.4. The van der Waals surface area contributed by atoms with E-state index in [1.54, 1.807) is 17.9 Å². The van der Waals surface area contributed by atoms with Crippen LogP contribution in [0.1, 0.15) is 37.3 Å². The molecule has 6 heterocycles. The first-order chi connectivity index (χ1) is 28.2. The molecule has 4 unspecified atom stereocenters. The van der Waals surface area contributed by atoms with Crippen LogP contribution < -0.4 is 26.7 Å². The van der Waals surface area contributed by atoms with Crippen LogP contribution in [0.4, 0.5) is 11.9 Å². The Bertz CT molecular complexity index is 2710. The molecule has 7 rings (SSSR count). The van der Waals surface area contributed by atoms with Crippen molar-refractivity contribution in [2.45, 2.75) is 56.6 Å². The Labute approximate surface area is 335 Å². The maximum Gasteiger partial charge on any atom is 0.490 e. The zero-order valence-electron chi connectivity index (χ0n) is 30.8. The highest BCUT2D eigenvalue weighted by Crippen LogP contribution is 2.71. The summed E-state index contributed by atoms with van der Waals surface area (Å²) >= 11 is 0. The van der Waals surface area contributed by atoms with E-state index in [9.17, 15) is 52.5 Å². The van der Waals surface area contributed by atoms with Gasteiger partial charge in [0.2, 0.25) is 24.5 Å². The van der Waals surface area contributed by atoms with E-state index in [0.717, 1.165) is 11.9 Å². The molecule has 2 aliphatic heterocycles. The predicted molar refractivity (Wildman–Crippen MR) is 200 cm³/mol. The number of nitrogens with one attached hydrogen (secondary N) is 3. The fraction of sp³-hybridized carbons (Fsp3) is 0.429. The zero-order valence-corrected chi connectivity index (χ0v) is 34.3. The molecule has 2 fully saturated rings. The Hall–Kier alpha value is -4.04. The lowest BCUT2D eigenvalue weighted by molar-refractivity contribution is -0.646. The van der Waals surface area contributed by atoms with Crippen LogP contribution in [0.3, 0.4) is 0 Å². The maximum atomic E-state index is 12.9. The Morgan fingerprint density at radius 1 is 0.867 bits per heavy atom. The SMILES string of the molecule is C[n+]1cn([C@H]2CC[C@@H](COP(=O)(O)OP(=O)(O)OP(=O)(O)OP(=O)(O)OC[C@@H]3C[C@H](O)[C@H](n4cnc5c(=O)[nH]c(N)nc54)O3)O2)c2nc(NCc3ccccc3)[nH]c(=O)c21.